The van der Waals surface area contributed by atoms with Crippen molar-refractivity contribution in [2.45, 2.75) is 6.92 Å². The number of ether oxygens (including phenoxy) is 1. The van der Waals surface area contributed by atoms with Crippen molar-refractivity contribution in [2.24, 2.45) is 0 Å². The van der Waals surface area contributed by atoms with Crippen LogP contribution in [0.15, 0.2) is 16.9 Å². The molecule has 0 aromatic carbocycles. The zero-order chi connectivity index (χ0) is 13.5. The standard InChI is InChI=1S/C11H14BrN3O3/c1-3-13-9(16)6-15-11(17)7-4-8(18-2)10(12)14-5-7/h4-5H,3,6H2,1-2H3,(H,13,16)(H,15,17). The molecule has 0 atom stereocenters. The van der Waals surface area contributed by atoms with Gasteiger partial charge in [-0.15, -0.1) is 0 Å². The molecule has 1 rings (SSSR count). The SMILES string of the molecule is CCNC(=O)CNC(=O)c1cnc(Br)c(OC)c1. The third-order valence-electron chi connectivity index (χ3n) is 2.07. The molecule has 2 N–H and O–H groups in total. The minimum absolute atomic E-state index is 0.0644. The quantitative estimate of drug-likeness (QED) is 0.785. The first kappa shape index (κ1) is 14.4. The van der Waals surface area contributed by atoms with Crippen molar-refractivity contribution < 1.29 is 14.3 Å². The highest BCUT2D eigenvalue weighted by Gasteiger charge is 2.11. The van der Waals surface area contributed by atoms with Crippen LogP contribution in [0.25, 0.3) is 0 Å². The van der Waals surface area contributed by atoms with Crippen LogP contribution in [-0.4, -0.2) is 37.0 Å². The number of likely N-dealkylation sites (N-methyl/N-ethyl adjacent to an activating group) is 1. The Balaban J connectivity index is 2.64. The number of carbonyl (C=O) groups excluding carboxylic acids is 2. The maximum Gasteiger partial charge on any atom is 0.253 e. The molecule has 7 heteroatoms. The van der Waals surface area contributed by atoms with Crippen LogP contribution in [0.3, 0.4) is 0 Å². The number of methoxy groups -OCH3 is 1. The first-order chi connectivity index (χ1) is 8.58. The fourth-order valence-corrected chi connectivity index (χ4v) is 1.60. The predicted octanol–water partition coefficient (Wildman–Crippen LogP) is 0.719. The van der Waals surface area contributed by atoms with Gasteiger partial charge in [0, 0.05) is 12.7 Å². The molecular formula is C11H14BrN3O3. The van der Waals surface area contributed by atoms with Crippen molar-refractivity contribution in [1.82, 2.24) is 15.6 Å². The first-order valence-corrected chi connectivity index (χ1v) is 6.12. The van der Waals surface area contributed by atoms with Gasteiger partial charge >= 0.3 is 0 Å². The van der Waals surface area contributed by atoms with Crippen LogP contribution in [0, 0.1) is 0 Å². The number of pyridine rings is 1. The zero-order valence-corrected chi connectivity index (χ0v) is 11.7. The van der Waals surface area contributed by atoms with Gasteiger partial charge in [-0.3, -0.25) is 9.59 Å². The monoisotopic (exact) mass is 315 g/mol. The maximum atomic E-state index is 11.7. The fourth-order valence-electron chi connectivity index (χ4n) is 1.22. The van der Waals surface area contributed by atoms with Crippen LogP contribution in [0.1, 0.15) is 17.3 Å². The lowest BCUT2D eigenvalue weighted by molar-refractivity contribution is -0.120. The molecule has 2 amide bonds. The van der Waals surface area contributed by atoms with Gasteiger partial charge in [0.1, 0.15) is 4.60 Å². The van der Waals surface area contributed by atoms with Crippen LogP contribution >= 0.6 is 15.9 Å². The molecule has 0 spiro atoms. The Kier molecular flexibility index (Phi) is 5.57. The third kappa shape index (κ3) is 3.99. The summed E-state index contributed by atoms with van der Waals surface area (Å²) in [5.74, 6) is -0.150. The average molecular weight is 316 g/mol. The highest BCUT2D eigenvalue weighted by Crippen LogP contribution is 2.22. The van der Waals surface area contributed by atoms with E-state index in [-0.39, 0.29) is 18.4 Å². The number of amides is 2. The normalized spacial score (nSPS) is 9.72. The Hall–Kier alpha value is -1.63. The summed E-state index contributed by atoms with van der Waals surface area (Å²) in [7, 11) is 1.48. The van der Waals surface area contributed by atoms with E-state index < -0.39 is 0 Å². The van der Waals surface area contributed by atoms with Crippen LogP contribution in [0.4, 0.5) is 0 Å². The topological polar surface area (TPSA) is 80.3 Å². The van der Waals surface area contributed by atoms with Gasteiger partial charge in [0.15, 0.2) is 5.75 Å². The molecule has 1 aromatic heterocycles. The van der Waals surface area contributed by atoms with E-state index in [2.05, 4.69) is 31.5 Å². The highest BCUT2D eigenvalue weighted by molar-refractivity contribution is 9.10. The molecule has 6 nitrogen and oxygen atoms in total. The van der Waals surface area contributed by atoms with Crippen molar-refractivity contribution >= 4 is 27.7 Å². The summed E-state index contributed by atoms with van der Waals surface area (Å²) in [6.45, 7) is 2.27. The van der Waals surface area contributed by atoms with Gasteiger partial charge in [0.05, 0.1) is 19.2 Å². The van der Waals surface area contributed by atoms with Crippen LogP contribution < -0.4 is 15.4 Å². The minimum atomic E-state index is -0.375. The van der Waals surface area contributed by atoms with Crippen LogP contribution in [-0.2, 0) is 4.79 Å². The minimum Gasteiger partial charge on any atom is -0.494 e. The Labute approximate surface area is 113 Å². The Morgan fingerprint density at radius 2 is 2.17 bits per heavy atom. The summed E-state index contributed by atoms with van der Waals surface area (Å²) >= 11 is 3.19. The fraction of sp³-hybridized carbons (Fsp3) is 0.364. The number of rotatable bonds is 5. The van der Waals surface area contributed by atoms with Crippen molar-refractivity contribution in [3.05, 3.63) is 22.4 Å². The molecule has 0 radical (unpaired) electrons. The highest BCUT2D eigenvalue weighted by atomic mass is 79.9. The molecule has 0 saturated carbocycles. The smallest absolute Gasteiger partial charge is 0.253 e. The third-order valence-corrected chi connectivity index (χ3v) is 2.67. The summed E-state index contributed by atoms with van der Waals surface area (Å²) in [5.41, 5.74) is 0.333. The van der Waals surface area contributed by atoms with Crippen LogP contribution in [0.5, 0.6) is 5.75 Å². The van der Waals surface area contributed by atoms with Gasteiger partial charge in [-0.25, -0.2) is 4.98 Å². The summed E-state index contributed by atoms with van der Waals surface area (Å²) in [5, 5.41) is 5.08. The van der Waals surface area contributed by atoms with Gasteiger partial charge in [0.25, 0.3) is 5.91 Å². The second kappa shape index (κ2) is 6.95. The molecule has 0 aliphatic heterocycles. The average Bonchev–Trinajstić information content (AvgIpc) is 2.37. The summed E-state index contributed by atoms with van der Waals surface area (Å²) in [4.78, 5) is 26.9. The number of hydrogen-bond acceptors (Lipinski definition) is 4. The largest absolute Gasteiger partial charge is 0.494 e. The molecule has 0 unspecified atom stereocenters. The summed E-state index contributed by atoms with van der Waals surface area (Å²) in [6, 6.07) is 1.55. The molecule has 0 aliphatic rings. The molecule has 1 aromatic rings. The molecule has 18 heavy (non-hydrogen) atoms. The zero-order valence-electron chi connectivity index (χ0n) is 10.1. The van der Waals surface area contributed by atoms with Crippen molar-refractivity contribution in [3.63, 3.8) is 0 Å². The summed E-state index contributed by atoms with van der Waals surface area (Å²) in [6.07, 6.45) is 1.40. The predicted molar refractivity (Wildman–Crippen MR) is 69.5 cm³/mol. The number of carbonyl (C=O) groups is 2. The second-order valence-electron chi connectivity index (χ2n) is 3.35. The molecule has 1 heterocycles. The molecule has 98 valence electrons. The first-order valence-electron chi connectivity index (χ1n) is 5.33. The van der Waals surface area contributed by atoms with Crippen molar-refractivity contribution in [1.29, 1.82) is 0 Å². The maximum absolute atomic E-state index is 11.7. The molecule has 0 saturated heterocycles. The summed E-state index contributed by atoms with van der Waals surface area (Å²) < 4.78 is 5.55. The van der Waals surface area contributed by atoms with Gasteiger partial charge < -0.3 is 15.4 Å². The Morgan fingerprint density at radius 1 is 1.44 bits per heavy atom. The van der Waals surface area contributed by atoms with E-state index in [1.54, 1.807) is 6.07 Å². The van der Waals surface area contributed by atoms with Crippen LogP contribution in [0.2, 0.25) is 0 Å². The van der Waals surface area contributed by atoms with Gasteiger partial charge in [-0.1, -0.05) is 0 Å². The molecule has 0 bridgehead atoms. The number of aromatic nitrogens is 1. The molecule has 0 aliphatic carbocycles. The van der Waals surface area contributed by atoms with E-state index in [0.29, 0.717) is 22.5 Å². The second-order valence-corrected chi connectivity index (χ2v) is 4.10. The number of nitrogens with one attached hydrogen (secondary N) is 2. The van der Waals surface area contributed by atoms with Gasteiger partial charge in [0.2, 0.25) is 5.91 Å². The number of hydrogen-bond donors (Lipinski definition) is 2. The van der Waals surface area contributed by atoms with Gasteiger partial charge in [-0.05, 0) is 28.9 Å². The number of nitrogens with zero attached hydrogens (tertiary/aromatic N) is 1. The molecular weight excluding hydrogens is 302 g/mol. The van der Waals surface area contributed by atoms with E-state index in [1.807, 2.05) is 6.92 Å². The Morgan fingerprint density at radius 3 is 2.78 bits per heavy atom. The molecule has 0 fully saturated rings. The lowest BCUT2D eigenvalue weighted by Crippen LogP contribution is -2.36. The number of halogens is 1. The lowest BCUT2D eigenvalue weighted by Gasteiger charge is -2.07. The van der Waals surface area contributed by atoms with Gasteiger partial charge in [-0.2, -0.15) is 0 Å². The van der Waals surface area contributed by atoms with E-state index in [4.69, 9.17) is 4.74 Å². The van der Waals surface area contributed by atoms with E-state index >= 15 is 0 Å². The Bertz CT molecular complexity index is 451. The van der Waals surface area contributed by atoms with E-state index in [0.717, 1.165) is 0 Å². The lowest BCUT2D eigenvalue weighted by atomic mass is 10.2. The van der Waals surface area contributed by atoms with Crippen molar-refractivity contribution in [2.75, 3.05) is 20.2 Å². The van der Waals surface area contributed by atoms with E-state index in [9.17, 15) is 9.59 Å². The van der Waals surface area contributed by atoms with E-state index in [1.165, 1.54) is 13.3 Å². The van der Waals surface area contributed by atoms with Crippen molar-refractivity contribution in [3.8, 4) is 5.75 Å².